The number of likely N-dealkylation sites (N-methyl/N-ethyl adjacent to an activating group) is 1. The molecule has 1 aliphatic carbocycles. The molecule has 2 aliphatic rings. The van der Waals surface area contributed by atoms with E-state index < -0.39 is 0 Å². The second kappa shape index (κ2) is 6.53. The van der Waals surface area contributed by atoms with Gasteiger partial charge in [0.25, 0.3) is 0 Å². The van der Waals surface area contributed by atoms with Crippen molar-refractivity contribution in [3.05, 3.63) is 28.8 Å². The zero-order valence-electron chi connectivity index (χ0n) is 16.1. The molecule has 0 amide bonds. The summed E-state index contributed by atoms with van der Waals surface area (Å²) in [5, 5.41) is 21.7. The lowest BCUT2D eigenvalue weighted by Gasteiger charge is -2.35. The van der Waals surface area contributed by atoms with E-state index in [1.165, 1.54) is 19.8 Å². The highest BCUT2D eigenvalue weighted by Gasteiger charge is 2.36. The number of nitrogens with zero attached hydrogens (tertiary/aromatic N) is 1. The predicted octanol–water partition coefficient (Wildman–Crippen LogP) is 3.27. The summed E-state index contributed by atoms with van der Waals surface area (Å²) < 4.78 is 16.4. The fourth-order valence-corrected chi connectivity index (χ4v) is 4.54. The molecule has 1 heterocycles. The second-order valence-electron chi connectivity index (χ2n) is 7.16. The minimum absolute atomic E-state index is 0.0580. The van der Waals surface area contributed by atoms with E-state index in [2.05, 4.69) is 11.9 Å². The van der Waals surface area contributed by atoms with Crippen LogP contribution in [0.25, 0.3) is 11.1 Å². The molecule has 1 aliphatic heterocycles. The maximum absolute atomic E-state index is 11.1. The maximum atomic E-state index is 11.1. The van der Waals surface area contributed by atoms with Crippen molar-refractivity contribution in [3.8, 4) is 39.9 Å². The quantitative estimate of drug-likeness (QED) is 0.863. The number of hydrogen-bond donors (Lipinski definition) is 2. The van der Waals surface area contributed by atoms with Gasteiger partial charge in [0.15, 0.2) is 23.0 Å². The van der Waals surface area contributed by atoms with Gasteiger partial charge in [-0.15, -0.1) is 0 Å². The average molecular weight is 371 g/mol. The van der Waals surface area contributed by atoms with E-state index in [9.17, 15) is 10.2 Å². The van der Waals surface area contributed by atoms with Crippen LogP contribution in [-0.2, 0) is 12.8 Å². The Morgan fingerprint density at radius 3 is 2.22 bits per heavy atom. The minimum Gasteiger partial charge on any atom is -0.504 e. The highest BCUT2D eigenvalue weighted by atomic mass is 16.5. The van der Waals surface area contributed by atoms with Gasteiger partial charge in [-0.05, 0) is 55.1 Å². The second-order valence-corrected chi connectivity index (χ2v) is 7.16. The van der Waals surface area contributed by atoms with Gasteiger partial charge in [-0.2, -0.15) is 0 Å². The molecule has 0 fully saturated rings. The van der Waals surface area contributed by atoms with Crippen LogP contribution in [0.5, 0.6) is 28.7 Å². The Hall–Kier alpha value is -2.60. The summed E-state index contributed by atoms with van der Waals surface area (Å²) in [5.41, 5.74) is 4.68. The number of phenols is 2. The van der Waals surface area contributed by atoms with E-state index in [4.69, 9.17) is 14.2 Å². The first-order valence-electron chi connectivity index (χ1n) is 9.11. The van der Waals surface area contributed by atoms with Gasteiger partial charge in [0, 0.05) is 23.7 Å². The van der Waals surface area contributed by atoms with Crippen LogP contribution in [0.3, 0.4) is 0 Å². The van der Waals surface area contributed by atoms with Crippen molar-refractivity contribution in [2.75, 3.05) is 34.9 Å². The molecule has 0 unspecified atom stereocenters. The summed E-state index contributed by atoms with van der Waals surface area (Å²) in [6.07, 6.45) is 2.57. The maximum Gasteiger partial charge on any atom is 0.201 e. The number of hydrogen-bond acceptors (Lipinski definition) is 6. The first-order chi connectivity index (χ1) is 13.0. The molecule has 6 nitrogen and oxygen atoms in total. The third-order valence-corrected chi connectivity index (χ3v) is 5.87. The summed E-state index contributed by atoms with van der Waals surface area (Å²) in [6, 6.07) is 3.97. The lowest BCUT2D eigenvalue weighted by Crippen LogP contribution is -2.32. The monoisotopic (exact) mass is 371 g/mol. The summed E-state index contributed by atoms with van der Waals surface area (Å²) in [5.74, 6) is 1.16. The van der Waals surface area contributed by atoms with Gasteiger partial charge in [-0.25, -0.2) is 0 Å². The lowest BCUT2D eigenvalue weighted by atomic mass is 9.85. The first kappa shape index (κ1) is 17.8. The number of aromatic hydroxyl groups is 2. The fraction of sp³-hybridized carbons (Fsp3) is 0.429. The van der Waals surface area contributed by atoms with E-state index in [0.29, 0.717) is 22.8 Å². The van der Waals surface area contributed by atoms with Crippen LogP contribution in [0.15, 0.2) is 12.1 Å². The minimum atomic E-state index is -0.0580. The van der Waals surface area contributed by atoms with Gasteiger partial charge >= 0.3 is 0 Å². The van der Waals surface area contributed by atoms with Crippen molar-refractivity contribution < 1.29 is 24.4 Å². The van der Waals surface area contributed by atoms with Crippen LogP contribution in [0, 0.1) is 0 Å². The molecule has 144 valence electrons. The van der Waals surface area contributed by atoms with Crippen LogP contribution >= 0.6 is 0 Å². The van der Waals surface area contributed by atoms with Crippen LogP contribution in [0.1, 0.15) is 29.2 Å². The Kier molecular flexibility index (Phi) is 4.30. The van der Waals surface area contributed by atoms with Crippen LogP contribution in [0.2, 0.25) is 0 Å². The van der Waals surface area contributed by atoms with Crippen molar-refractivity contribution in [2.24, 2.45) is 0 Å². The topological polar surface area (TPSA) is 71.4 Å². The normalized spacial score (nSPS) is 18.3. The molecule has 4 rings (SSSR count). The lowest BCUT2D eigenvalue weighted by molar-refractivity contribution is 0.220. The van der Waals surface area contributed by atoms with Crippen molar-refractivity contribution in [1.82, 2.24) is 4.90 Å². The molecule has 2 N–H and O–H groups in total. The van der Waals surface area contributed by atoms with E-state index in [1.54, 1.807) is 7.11 Å². The van der Waals surface area contributed by atoms with Gasteiger partial charge in [0.1, 0.15) is 0 Å². The van der Waals surface area contributed by atoms with Crippen molar-refractivity contribution in [3.63, 3.8) is 0 Å². The number of aryl methyl sites for hydroxylation is 1. The van der Waals surface area contributed by atoms with E-state index >= 15 is 0 Å². The molecule has 27 heavy (non-hydrogen) atoms. The highest BCUT2D eigenvalue weighted by molar-refractivity contribution is 5.88. The van der Waals surface area contributed by atoms with Gasteiger partial charge in [0.2, 0.25) is 5.75 Å². The Morgan fingerprint density at radius 2 is 1.56 bits per heavy atom. The van der Waals surface area contributed by atoms with Gasteiger partial charge in [-0.3, -0.25) is 4.90 Å². The molecule has 2 aromatic rings. The number of fused-ring (bicyclic) bond motifs is 2. The summed E-state index contributed by atoms with van der Waals surface area (Å²) in [7, 11) is 6.71. The first-order valence-corrected chi connectivity index (χ1v) is 9.11. The van der Waals surface area contributed by atoms with Gasteiger partial charge in [0.05, 0.1) is 21.3 Å². The van der Waals surface area contributed by atoms with Crippen LogP contribution in [0.4, 0.5) is 0 Å². The smallest absolute Gasteiger partial charge is 0.201 e. The SMILES string of the molecule is COc1cc2c(c(OC)c1O)-c1c(O)c(OC)cc3c1[C@H](CC2)N(C)CC3. The molecule has 0 saturated carbocycles. The van der Waals surface area contributed by atoms with Crippen molar-refractivity contribution in [1.29, 1.82) is 0 Å². The largest absolute Gasteiger partial charge is 0.504 e. The van der Waals surface area contributed by atoms with E-state index in [1.807, 2.05) is 12.1 Å². The molecule has 0 aromatic heterocycles. The van der Waals surface area contributed by atoms with Crippen molar-refractivity contribution in [2.45, 2.75) is 25.3 Å². The fourth-order valence-electron chi connectivity index (χ4n) is 4.54. The van der Waals surface area contributed by atoms with Gasteiger partial charge < -0.3 is 24.4 Å². The number of phenolic OH excluding ortho intramolecular Hbond substituents is 2. The molecule has 1 atom stereocenters. The zero-order valence-corrected chi connectivity index (χ0v) is 16.1. The average Bonchev–Trinajstić information content (AvgIpc) is 2.84. The molecular formula is C21H25NO5. The Labute approximate surface area is 158 Å². The standard InChI is InChI=1S/C21H25NO5/c1-22-8-7-12-10-14(25-2)19(23)18-16(12)13(22)6-5-11-9-15(26-3)20(24)21(27-4)17(11)18/h9-10,13,23-24H,5-8H2,1-4H3/t13-/m0/s1. The Balaban J connectivity index is 2.13. The van der Waals surface area contributed by atoms with Crippen LogP contribution < -0.4 is 14.2 Å². The number of ether oxygens (including phenoxy) is 3. The molecule has 0 radical (unpaired) electrons. The number of methoxy groups -OCH3 is 3. The van der Waals surface area contributed by atoms with E-state index in [0.717, 1.165) is 42.5 Å². The Bertz CT molecular complexity index is 908. The third kappa shape index (κ3) is 2.51. The highest BCUT2D eigenvalue weighted by Crippen LogP contribution is 2.56. The summed E-state index contributed by atoms with van der Waals surface area (Å²) in [6.45, 7) is 0.951. The van der Waals surface area contributed by atoms with Crippen LogP contribution in [-0.4, -0.2) is 50.0 Å². The third-order valence-electron chi connectivity index (χ3n) is 5.87. The van der Waals surface area contributed by atoms with Gasteiger partial charge in [-0.1, -0.05) is 0 Å². The molecular weight excluding hydrogens is 346 g/mol. The molecule has 6 heteroatoms. The zero-order chi connectivity index (χ0) is 19.3. The molecule has 0 saturated heterocycles. The Morgan fingerprint density at radius 1 is 0.889 bits per heavy atom. The summed E-state index contributed by atoms with van der Waals surface area (Å²) in [4.78, 5) is 2.33. The number of rotatable bonds is 3. The molecule has 0 bridgehead atoms. The van der Waals surface area contributed by atoms with Crippen molar-refractivity contribution >= 4 is 0 Å². The van der Waals surface area contributed by atoms with E-state index in [-0.39, 0.29) is 17.5 Å². The molecule has 0 spiro atoms. The molecule has 2 aromatic carbocycles. The summed E-state index contributed by atoms with van der Waals surface area (Å²) >= 11 is 0. The number of benzene rings is 2. The predicted molar refractivity (Wildman–Crippen MR) is 102 cm³/mol.